The topological polar surface area (TPSA) is 21.3 Å². The van der Waals surface area contributed by atoms with E-state index in [0.29, 0.717) is 0 Å². The summed E-state index contributed by atoms with van der Waals surface area (Å²) in [6.45, 7) is 0. The van der Waals surface area contributed by atoms with Crippen LogP contribution in [0.25, 0.3) is 82.8 Å². The maximum absolute atomic E-state index is 6.39. The summed E-state index contributed by atoms with van der Waals surface area (Å²) in [4.78, 5) is 2.39. The van der Waals surface area contributed by atoms with Crippen molar-refractivity contribution in [1.29, 1.82) is 0 Å². The molecule has 0 bridgehead atoms. The molecule has 0 N–H and O–H groups in total. The lowest BCUT2D eigenvalue weighted by molar-refractivity contribution is 0.669. The predicted octanol–water partition coefficient (Wildman–Crippen LogP) is 15.2. The first-order valence-electron chi connectivity index (χ1n) is 19.4. The van der Waals surface area contributed by atoms with Gasteiger partial charge in [0.2, 0.25) is 0 Å². The molecule has 0 aliphatic heterocycles. The number of benzene rings is 9. The molecule has 0 saturated heterocycles. The Bertz CT molecular complexity index is 3190. The standard InChI is InChI=1S/C54H36N2O/c1-2-14-37(15-3-1)39-16-12-17-40(34-39)38-28-31-42(32-29-38)55(43-18-13-19-44(36-43)56-51-25-9-5-21-46(51)47-22-6-10-26-52(47)56)50-24-8-4-20-45(50)41-30-33-49-48-23-7-11-27-53(48)57-54(49)35-41/h1-36H. The van der Waals surface area contributed by atoms with Crippen molar-refractivity contribution in [3.63, 3.8) is 0 Å². The minimum Gasteiger partial charge on any atom is -0.456 e. The number of anilines is 3. The summed E-state index contributed by atoms with van der Waals surface area (Å²) in [5, 5.41) is 4.74. The van der Waals surface area contributed by atoms with E-state index in [9.17, 15) is 0 Å². The first-order chi connectivity index (χ1) is 28.3. The van der Waals surface area contributed by atoms with Gasteiger partial charge in [-0.25, -0.2) is 0 Å². The molecule has 268 valence electrons. The number of para-hydroxylation sites is 4. The number of rotatable bonds is 7. The fourth-order valence-corrected chi connectivity index (χ4v) is 8.52. The molecule has 0 unspecified atom stereocenters. The molecule has 2 heterocycles. The van der Waals surface area contributed by atoms with Crippen LogP contribution in [-0.2, 0) is 0 Å². The van der Waals surface area contributed by atoms with Gasteiger partial charge in [-0.05, 0) is 101 Å². The zero-order chi connectivity index (χ0) is 37.7. The van der Waals surface area contributed by atoms with Crippen molar-refractivity contribution in [2.45, 2.75) is 0 Å². The Morgan fingerprint density at radius 3 is 1.68 bits per heavy atom. The first-order valence-corrected chi connectivity index (χ1v) is 19.4. The van der Waals surface area contributed by atoms with Gasteiger partial charge in [0.05, 0.1) is 16.7 Å². The molecule has 9 aromatic carbocycles. The Morgan fingerprint density at radius 1 is 0.333 bits per heavy atom. The van der Waals surface area contributed by atoms with Crippen molar-refractivity contribution >= 4 is 60.8 Å². The number of furan rings is 1. The molecule has 11 rings (SSSR count). The van der Waals surface area contributed by atoms with Crippen LogP contribution in [0.1, 0.15) is 0 Å². The van der Waals surface area contributed by atoms with Gasteiger partial charge in [0.15, 0.2) is 0 Å². The predicted molar refractivity (Wildman–Crippen MR) is 239 cm³/mol. The summed E-state index contributed by atoms with van der Waals surface area (Å²) in [7, 11) is 0. The van der Waals surface area contributed by atoms with Gasteiger partial charge in [-0.15, -0.1) is 0 Å². The highest BCUT2D eigenvalue weighted by molar-refractivity contribution is 6.09. The van der Waals surface area contributed by atoms with Gasteiger partial charge in [0.1, 0.15) is 11.2 Å². The first kappa shape index (κ1) is 32.8. The van der Waals surface area contributed by atoms with E-state index in [1.54, 1.807) is 0 Å². The monoisotopic (exact) mass is 728 g/mol. The largest absolute Gasteiger partial charge is 0.456 e. The van der Waals surface area contributed by atoms with E-state index < -0.39 is 0 Å². The zero-order valence-corrected chi connectivity index (χ0v) is 31.1. The number of aromatic nitrogens is 1. The van der Waals surface area contributed by atoms with Gasteiger partial charge in [0.25, 0.3) is 0 Å². The molecule has 57 heavy (non-hydrogen) atoms. The average Bonchev–Trinajstić information content (AvgIpc) is 3.83. The van der Waals surface area contributed by atoms with Gasteiger partial charge >= 0.3 is 0 Å². The van der Waals surface area contributed by atoms with Crippen LogP contribution in [0.2, 0.25) is 0 Å². The molecule has 3 heteroatoms. The van der Waals surface area contributed by atoms with E-state index in [1.807, 2.05) is 12.1 Å². The molecule has 0 saturated carbocycles. The highest BCUT2D eigenvalue weighted by Gasteiger charge is 2.20. The number of fused-ring (bicyclic) bond motifs is 6. The molecule has 0 atom stereocenters. The van der Waals surface area contributed by atoms with Crippen LogP contribution in [0.4, 0.5) is 17.1 Å². The van der Waals surface area contributed by atoms with Gasteiger partial charge in [-0.1, -0.05) is 146 Å². The highest BCUT2D eigenvalue weighted by atomic mass is 16.3. The fraction of sp³-hybridized carbons (Fsp3) is 0. The zero-order valence-electron chi connectivity index (χ0n) is 31.1. The summed E-state index contributed by atoms with van der Waals surface area (Å²) in [5.74, 6) is 0. The second-order valence-electron chi connectivity index (χ2n) is 14.5. The second-order valence-corrected chi connectivity index (χ2v) is 14.5. The van der Waals surface area contributed by atoms with Crippen LogP contribution in [-0.4, -0.2) is 4.57 Å². The third-order valence-electron chi connectivity index (χ3n) is 11.2. The molecule has 11 aromatic rings. The lowest BCUT2D eigenvalue weighted by atomic mass is 9.98. The third kappa shape index (κ3) is 5.68. The van der Waals surface area contributed by atoms with Crippen molar-refractivity contribution < 1.29 is 4.42 Å². The van der Waals surface area contributed by atoms with Crippen molar-refractivity contribution in [1.82, 2.24) is 4.57 Å². The minimum absolute atomic E-state index is 0.880. The number of nitrogens with zero attached hydrogens (tertiary/aromatic N) is 2. The van der Waals surface area contributed by atoms with E-state index >= 15 is 0 Å². The van der Waals surface area contributed by atoms with Crippen LogP contribution < -0.4 is 4.90 Å². The highest BCUT2D eigenvalue weighted by Crippen LogP contribution is 2.44. The van der Waals surface area contributed by atoms with Crippen LogP contribution in [0.3, 0.4) is 0 Å². The molecule has 0 radical (unpaired) electrons. The van der Waals surface area contributed by atoms with E-state index in [4.69, 9.17) is 4.42 Å². The summed E-state index contributed by atoms with van der Waals surface area (Å²) >= 11 is 0. The van der Waals surface area contributed by atoms with Gasteiger partial charge in [-0.2, -0.15) is 0 Å². The maximum atomic E-state index is 6.39. The molecule has 2 aromatic heterocycles. The van der Waals surface area contributed by atoms with E-state index in [0.717, 1.165) is 55.8 Å². The SMILES string of the molecule is c1ccc(-c2cccc(-c3ccc(N(c4cccc(-n5c6ccccc6c6ccccc65)c4)c4ccccc4-c4ccc5c(c4)oc4ccccc45)cc3)c2)cc1. The molecule has 0 fully saturated rings. The van der Waals surface area contributed by atoms with Gasteiger partial charge < -0.3 is 13.9 Å². The Morgan fingerprint density at radius 2 is 0.912 bits per heavy atom. The Kier molecular flexibility index (Phi) is 7.82. The third-order valence-corrected chi connectivity index (χ3v) is 11.2. The Hall–Kier alpha value is -7.62. The molecule has 3 nitrogen and oxygen atoms in total. The van der Waals surface area contributed by atoms with Crippen molar-refractivity contribution in [3.8, 4) is 39.1 Å². The normalized spacial score (nSPS) is 11.5. The summed E-state index contributed by atoms with van der Waals surface area (Å²) in [6, 6.07) is 78.2. The van der Waals surface area contributed by atoms with E-state index in [1.165, 1.54) is 44.1 Å². The van der Waals surface area contributed by atoms with Crippen LogP contribution in [0.5, 0.6) is 0 Å². The van der Waals surface area contributed by atoms with Crippen molar-refractivity contribution in [2.75, 3.05) is 4.90 Å². The van der Waals surface area contributed by atoms with Crippen molar-refractivity contribution in [2.24, 2.45) is 0 Å². The minimum atomic E-state index is 0.880. The molecule has 0 spiro atoms. The van der Waals surface area contributed by atoms with Gasteiger partial charge in [-0.3, -0.25) is 0 Å². The molecule has 0 amide bonds. The molecular formula is C54H36N2O. The summed E-state index contributed by atoms with van der Waals surface area (Å²) in [5.41, 5.74) is 15.4. The molecular weight excluding hydrogens is 693 g/mol. The van der Waals surface area contributed by atoms with Crippen LogP contribution in [0, 0.1) is 0 Å². The van der Waals surface area contributed by atoms with E-state index in [-0.39, 0.29) is 0 Å². The lowest BCUT2D eigenvalue weighted by Gasteiger charge is -2.28. The summed E-state index contributed by atoms with van der Waals surface area (Å²) in [6.07, 6.45) is 0. The number of hydrogen-bond acceptors (Lipinski definition) is 2. The summed E-state index contributed by atoms with van der Waals surface area (Å²) < 4.78 is 8.77. The Labute approximate surface area is 330 Å². The van der Waals surface area contributed by atoms with Gasteiger partial charge in [0, 0.05) is 44.2 Å². The molecule has 0 aliphatic rings. The Balaban J connectivity index is 1.08. The van der Waals surface area contributed by atoms with Crippen LogP contribution in [0.15, 0.2) is 223 Å². The van der Waals surface area contributed by atoms with E-state index in [2.05, 4.69) is 216 Å². The fourth-order valence-electron chi connectivity index (χ4n) is 8.52. The second kappa shape index (κ2) is 13.6. The van der Waals surface area contributed by atoms with Crippen molar-refractivity contribution in [3.05, 3.63) is 218 Å². The smallest absolute Gasteiger partial charge is 0.136 e. The average molecular weight is 729 g/mol. The quantitative estimate of drug-likeness (QED) is 0.163. The number of hydrogen-bond donors (Lipinski definition) is 0. The molecule has 0 aliphatic carbocycles. The van der Waals surface area contributed by atoms with Crippen LogP contribution >= 0.6 is 0 Å². The lowest BCUT2D eigenvalue weighted by Crippen LogP contribution is -2.11. The maximum Gasteiger partial charge on any atom is 0.136 e.